The summed E-state index contributed by atoms with van der Waals surface area (Å²) in [6, 6.07) is 9.36. The van der Waals surface area contributed by atoms with E-state index < -0.39 is 0 Å². The monoisotopic (exact) mass is 351 g/mol. The molecule has 0 bridgehead atoms. The maximum atomic E-state index is 12.7. The third-order valence-corrected chi connectivity index (χ3v) is 4.84. The van der Waals surface area contributed by atoms with Crippen LogP contribution in [0.15, 0.2) is 42.7 Å². The zero-order valence-electron chi connectivity index (χ0n) is 15.4. The van der Waals surface area contributed by atoms with Crippen LogP contribution in [0.5, 0.6) is 0 Å². The van der Waals surface area contributed by atoms with Crippen LogP contribution in [0.25, 0.3) is 0 Å². The molecule has 1 fully saturated rings. The van der Waals surface area contributed by atoms with Crippen LogP contribution in [0, 0.1) is 5.92 Å². The highest BCUT2D eigenvalue weighted by molar-refractivity contribution is 6.06. The summed E-state index contributed by atoms with van der Waals surface area (Å²) in [5.41, 5.74) is 2.73. The van der Waals surface area contributed by atoms with Crippen LogP contribution in [0.3, 0.4) is 0 Å². The molecule has 1 aromatic heterocycles. The van der Waals surface area contributed by atoms with Gasteiger partial charge in [0.05, 0.1) is 11.1 Å². The highest BCUT2D eigenvalue weighted by Gasteiger charge is 2.23. The Balaban J connectivity index is 1.76. The van der Waals surface area contributed by atoms with Crippen molar-refractivity contribution in [3.63, 3.8) is 0 Å². The molecule has 5 heteroatoms. The molecule has 1 saturated heterocycles. The molecule has 136 valence electrons. The van der Waals surface area contributed by atoms with E-state index in [1.807, 2.05) is 36.1 Å². The Hall–Kier alpha value is -2.69. The van der Waals surface area contributed by atoms with Gasteiger partial charge in [0.1, 0.15) is 0 Å². The van der Waals surface area contributed by atoms with Crippen LogP contribution in [0.2, 0.25) is 0 Å². The molecule has 0 aliphatic carbocycles. The van der Waals surface area contributed by atoms with Crippen molar-refractivity contribution in [2.24, 2.45) is 5.92 Å². The van der Waals surface area contributed by atoms with Crippen molar-refractivity contribution < 1.29 is 9.59 Å². The smallest absolute Gasteiger partial charge is 0.257 e. The minimum absolute atomic E-state index is 0.0485. The first-order valence-electron chi connectivity index (χ1n) is 9.22. The highest BCUT2D eigenvalue weighted by Crippen LogP contribution is 2.19. The SMILES string of the molecule is CCc1ccccc1NC(=O)c1cncc(C(=O)N2CCCC(C)C2)c1. The van der Waals surface area contributed by atoms with E-state index in [1.165, 1.54) is 6.20 Å². The number of para-hydroxylation sites is 1. The van der Waals surface area contributed by atoms with Crippen molar-refractivity contribution in [3.8, 4) is 0 Å². The summed E-state index contributed by atoms with van der Waals surface area (Å²) in [5, 5.41) is 2.93. The van der Waals surface area contributed by atoms with E-state index in [0.29, 0.717) is 17.0 Å². The third kappa shape index (κ3) is 4.10. The molecule has 1 atom stereocenters. The number of hydrogen-bond donors (Lipinski definition) is 1. The molecule has 1 unspecified atom stereocenters. The van der Waals surface area contributed by atoms with E-state index in [1.54, 1.807) is 12.3 Å². The van der Waals surface area contributed by atoms with Crippen LogP contribution >= 0.6 is 0 Å². The van der Waals surface area contributed by atoms with Crippen LogP contribution in [0.4, 0.5) is 5.69 Å². The minimum Gasteiger partial charge on any atom is -0.338 e. The lowest BCUT2D eigenvalue weighted by atomic mass is 9.99. The molecule has 0 radical (unpaired) electrons. The molecule has 2 heterocycles. The summed E-state index contributed by atoms with van der Waals surface area (Å²) in [6.45, 7) is 5.74. The maximum Gasteiger partial charge on any atom is 0.257 e. The van der Waals surface area contributed by atoms with Crippen molar-refractivity contribution in [1.29, 1.82) is 0 Å². The fourth-order valence-corrected chi connectivity index (χ4v) is 3.38. The van der Waals surface area contributed by atoms with Gasteiger partial charge in [0.2, 0.25) is 0 Å². The quantitative estimate of drug-likeness (QED) is 0.912. The minimum atomic E-state index is -0.250. The van der Waals surface area contributed by atoms with Gasteiger partial charge in [0, 0.05) is 31.2 Å². The Morgan fingerprint density at radius 2 is 2.00 bits per heavy atom. The van der Waals surface area contributed by atoms with Crippen LogP contribution < -0.4 is 5.32 Å². The Kier molecular flexibility index (Phi) is 5.66. The number of amides is 2. The largest absolute Gasteiger partial charge is 0.338 e. The van der Waals surface area contributed by atoms with Crippen LogP contribution in [0.1, 0.15) is 53.0 Å². The molecule has 26 heavy (non-hydrogen) atoms. The standard InChI is InChI=1S/C21H25N3O2/c1-3-16-8-4-5-9-19(16)23-20(25)17-11-18(13-22-12-17)21(26)24-10-6-7-15(2)14-24/h4-5,8-9,11-13,15H,3,6-7,10,14H2,1-2H3,(H,23,25). The number of rotatable bonds is 4. The maximum absolute atomic E-state index is 12.7. The molecule has 0 saturated carbocycles. The van der Waals surface area contributed by atoms with E-state index in [0.717, 1.165) is 43.6 Å². The first-order chi connectivity index (χ1) is 12.6. The number of aryl methyl sites for hydroxylation is 1. The number of nitrogens with one attached hydrogen (secondary N) is 1. The van der Waals surface area contributed by atoms with Crippen molar-refractivity contribution in [2.45, 2.75) is 33.1 Å². The van der Waals surface area contributed by atoms with Gasteiger partial charge in [-0.25, -0.2) is 0 Å². The molecular formula is C21H25N3O2. The molecule has 0 spiro atoms. The van der Waals surface area contributed by atoms with E-state index in [9.17, 15) is 9.59 Å². The molecule has 1 aromatic carbocycles. The Bertz CT molecular complexity index is 803. The molecule has 1 aliphatic rings. The lowest BCUT2D eigenvalue weighted by Gasteiger charge is -2.31. The normalized spacial score (nSPS) is 17.0. The summed E-state index contributed by atoms with van der Waals surface area (Å²) >= 11 is 0. The Labute approximate surface area is 154 Å². The molecule has 3 rings (SSSR count). The van der Waals surface area contributed by atoms with Crippen molar-refractivity contribution >= 4 is 17.5 Å². The number of anilines is 1. The second-order valence-electron chi connectivity index (χ2n) is 6.93. The topological polar surface area (TPSA) is 62.3 Å². The first kappa shape index (κ1) is 18.1. The number of pyridine rings is 1. The number of aromatic nitrogens is 1. The van der Waals surface area contributed by atoms with E-state index in [4.69, 9.17) is 0 Å². The van der Waals surface area contributed by atoms with Gasteiger partial charge >= 0.3 is 0 Å². The predicted molar refractivity (Wildman–Crippen MR) is 102 cm³/mol. The van der Waals surface area contributed by atoms with Gasteiger partial charge < -0.3 is 10.2 Å². The van der Waals surface area contributed by atoms with Gasteiger partial charge in [-0.15, -0.1) is 0 Å². The second-order valence-corrected chi connectivity index (χ2v) is 6.93. The van der Waals surface area contributed by atoms with Gasteiger partial charge in [-0.05, 0) is 42.9 Å². The molecule has 1 N–H and O–H groups in total. The summed E-state index contributed by atoms with van der Waals surface area (Å²) in [6.07, 6.45) is 6.05. The molecule has 1 aliphatic heterocycles. The van der Waals surface area contributed by atoms with Gasteiger partial charge in [-0.1, -0.05) is 32.0 Å². The van der Waals surface area contributed by atoms with Crippen LogP contribution in [-0.4, -0.2) is 34.8 Å². The third-order valence-electron chi connectivity index (χ3n) is 4.84. The number of benzene rings is 1. The second kappa shape index (κ2) is 8.13. The summed E-state index contributed by atoms with van der Waals surface area (Å²) in [4.78, 5) is 31.3. The molecule has 5 nitrogen and oxygen atoms in total. The summed E-state index contributed by atoms with van der Waals surface area (Å²) < 4.78 is 0. The molecular weight excluding hydrogens is 326 g/mol. The van der Waals surface area contributed by atoms with Gasteiger partial charge in [0.25, 0.3) is 11.8 Å². The lowest BCUT2D eigenvalue weighted by molar-refractivity contribution is 0.0682. The van der Waals surface area contributed by atoms with E-state index in [2.05, 4.69) is 17.2 Å². The van der Waals surface area contributed by atoms with E-state index >= 15 is 0 Å². The van der Waals surface area contributed by atoms with Gasteiger partial charge in [0.15, 0.2) is 0 Å². The Morgan fingerprint density at radius 3 is 2.77 bits per heavy atom. The van der Waals surface area contributed by atoms with Crippen LogP contribution in [-0.2, 0) is 6.42 Å². The number of carbonyl (C=O) groups is 2. The molecule has 2 aromatic rings. The number of nitrogens with zero attached hydrogens (tertiary/aromatic N) is 2. The van der Waals surface area contributed by atoms with Crippen molar-refractivity contribution in [3.05, 3.63) is 59.4 Å². The molecule has 2 amide bonds. The van der Waals surface area contributed by atoms with Gasteiger partial charge in [-0.2, -0.15) is 0 Å². The first-order valence-corrected chi connectivity index (χ1v) is 9.22. The summed E-state index contributed by atoms with van der Waals surface area (Å²) in [7, 11) is 0. The predicted octanol–water partition coefficient (Wildman–Crippen LogP) is 3.77. The highest BCUT2D eigenvalue weighted by atomic mass is 16.2. The Morgan fingerprint density at radius 1 is 1.23 bits per heavy atom. The zero-order valence-corrected chi connectivity index (χ0v) is 15.4. The zero-order chi connectivity index (χ0) is 18.5. The lowest BCUT2D eigenvalue weighted by Crippen LogP contribution is -2.39. The van der Waals surface area contributed by atoms with Gasteiger partial charge in [-0.3, -0.25) is 14.6 Å². The van der Waals surface area contributed by atoms with E-state index in [-0.39, 0.29) is 11.8 Å². The number of hydrogen-bond acceptors (Lipinski definition) is 3. The summed E-state index contributed by atoms with van der Waals surface area (Å²) in [5.74, 6) is 0.213. The number of likely N-dealkylation sites (tertiary alicyclic amines) is 1. The van der Waals surface area contributed by atoms with Crippen molar-refractivity contribution in [2.75, 3.05) is 18.4 Å². The average molecular weight is 351 g/mol. The fraction of sp³-hybridized carbons (Fsp3) is 0.381. The number of carbonyl (C=O) groups excluding carboxylic acids is 2. The van der Waals surface area contributed by atoms with Crippen molar-refractivity contribution in [1.82, 2.24) is 9.88 Å². The average Bonchev–Trinajstić information content (AvgIpc) is 2.68. The fourth-order valence-electron chi connectivity index (χ4n) is 3.38. The number of piperidine rings is 1.